The highest BCUT2D eigenvalue weighted by Gasteiger charge is 2.27. The molecule has 45 heavy (non-hydrogen) atoms. The quantitative estimate of drug-likeness (QED) is 0.139. The lowest BCUT2D eigenvalue weighted by Crippen LogP contribution is -2.22. The van der Waals surface area contributed by atoms with Gasteiger partial charge in [0.05, 0.1) is 6.61 Å². The number of carbonyl (C=O) groups is 1. The van der Waals surface area contributed by atoms with E-state index in [-0.39, 0.29) is 11.6 Å². The number of ether oxygens (including phenoxy) is 1. The van der Waals surface area contributed by atoms with Crippen molar-refractivity contribution in [2.24, 2.45) is 29.6 Å². The van der Waals surface area contributed by atoms with Crippen LogP contribution in [-0.4, -0.2) is 12.4 Å². The SMILES string of the molecule is C=C(CC)c1ccc(F)cc1/C(=C\C)C(=O)CC1CCC(Cc2ccc(OCCCCCC3CC(CC)CCC3C)cc2)CC1. The number of unbranched alkanes of at least 4 members (excludes halogenated alkanes) is 2. The lowest BCUT2D eigenvalue weighted by atomic mass is 9.72. The van der Waals surface area contributed by atoms with Crippen LogP contribution in [0.3, 0.4) is 0 Å². The van der Waals surface area contributed by atoms with Crippen molar-refractivity contribution < 1.29 is 13.9 Å². The fraction of sp³-hybridized carbons (Fsp3) is 0.595. The highest BCUT2D eigenvalue weighted by molar-refractivity contribution is 6.21. The number of halogens is 1. The van der Waals surface area contributed by atoms with Gasteiger partial charge in [-0.15, -0.1) is 0 Å². The smallest absolute Gasteiger partial charge is 0.163 e. The molecule has 4 rings (SSSR count). The molecule has 3 atom stereocenters. The Labute approximate surface area is 273 Å². The third-order valence-electron chi connectivity index (χ3n) is 11.1. The maximum Gasteiger partial charge on any atom is 0.163 e. The van der Waals surface area contributed by atoms with Gasteiger partial charge in [-0.05, 0) is 134 Å². The van der Waals surface area contributed by atoms with E-state index in [4.69, 9.17) is 4.74 Å². The summed E-state index contributed by atoms with van der Waals surface area (Å²) in [6, 6.07) is 13.5. The first-order valence-electron chi connectivity index (χ1n) is 18.2. The van der Waals surface area contributed by atoms with E-state index in [1.165, 1.54) is 62.6 Å². The summed E-state index contributed by atoms with van der Waals surface area (Å²) in [7, 11) is 0. The Morgan fingerprint density at radius 1 is 0.911 bits per heavy atom. The van der Waals surface area contributed by atoms with Crippen molar-refractivity contribution >= 4 is 16.9 Å². The standard InChI is InChI=1S/C42H59FO2/c1-6-30(4)40-24-21-37(43)29-41(40)39(8-3)42(44)28-35-17-15-33(16-18-35)26-34-19-22-38(23-20-34)45-25-11-9-10-12-36-27-32(7-2)14-13-31(36)5/h8,19-24,29,31-33,35-36H,4,6-7,9-18,25-28H2,1-3,5H3/b39-8+. The molecule has 0 bridgehead atoms. The number of Topliss-reactive ketones (excluding diaryl/α,β-unsaturated/α-hetero) is 1. The summed E-state index contributed by atoms with van der Waals surface area (Å²) in [5, 5.41) is 0. The summed E-state index contributed by atoms with van der Waals surface area (Å²) in [5.41, 5.74) is 4.50. The zero-order valence-electron chi connectivity index (χ0n) is 28.7. The van der Waals surface area contributed by atoms with Crippen molar-refractivity contribution in [2.75, 3.05) is 6.61 Å². The molecule has 2 nitrogen and oxygen atoms in total. The first kappa shape index (κ1) is 35.2. The zero-order chi connectivity index (χ0) is 32.2. The molecule has 2 fully saturated rings. The summed E-state index contributed by atoms with van der Waals surface area (Å²) in [6.45, 7) is 13.7. The lowest BCUT2D eigenvalue weighted by Gasteiger charge is -2.34. The predicted octanol–water partition coefficient (Wildman–Crippen LogP) is 12.1. The topological polar surface area (TPSA) is 26.3 Å². The molecule has 3 unspecified atom stereocenters. The molecular formula is C42H59FO2. The van der Waals surface area contributed by atoms with E-state index in [1.54, 1.807) is 6.07 Å². The molecule has 2 aliphatic rings. The summed E-state index contributed by atoms with van der Waals surface area (Å²) in [6.07, 6.45) is 19.5. The maximum absolute atomic E-state index is 14.2. The Bertz CT molecular complexity index is 1250. The number of hydrogen-bond acceptors (Lipinski definition) is 2. The molecular weight excluding hydrogens is 555 g/mol. The molecule has 3 heteroatoms. The molecule has 0 N–H and O–H groups in total. The van der Waals surface area contributed by atoms with Gasteiger partial charge in [-0.2, -0.15) is 0 Å². The summed E-state index contributed by atoms with van der Waals surface area (Å²) in [5.74, 6) is 4.66. The van der Waals surface area contributed by atoms with Crippen LogP contribution in [0.4, 0.5) is 4.39 Å². The van der Waals surface area contributed by atoms with Gasteiger partial charge in [0.1, 0.15) is 11.6 Å². The van der Waals surface area contributed by atoms with E-state index >= 15 is 0 Å². The first-order chi connectivity index (χ1) is 21.8. The number of ketones is 1. The van der Waals surface area contributed by atoms with Crippen molar-refractivity contribution in [3.8, 4) is 5.75 Å². The van der Waals surface area contributed by atoms with Crippen LogP contribution in [0.15, 0.2) is 55.1 Å². The van der Waals surface area contributed by atoms with Crippen LogP contribution in [0.25, 0.3) is 11.1 Å². The van der Waals surface area contributed by atoms with Crippen LogP contribution < -0.4 is 4.74 Å². The minimum atomic E-state index is -0.315. The van der Waals surface area contributed by atoms with Crippen LogP contribution in [-0.2, 0) is 11.2 Å². The maximum atomic E-state index is 14.2. The number of rotatable bonds is 16. The minimum absolute atomic E-state index is 0.122. The third kappa shape index (κ3) is 10.4. The Balaban J connectivity index is 1.15. The van der Waals surface area contributed by atoms with E-state index in [9.17, 15) is 9.18 Å². The average Bonchev–Trinajstić information content (AvgIpc) is 3.05. The van der Waals surface area contributed by atoms with Gasteiger partial charge >= 0.3 is 0 Å². The van der Waals surface area contributed by atoms with Crippen LogP contribution in [0.2, 0.25) is 0 Å². The number of hydrogen-bond donors (Lipinski definition) is 0. The van der Waals surface area contributed by atoms with Gasteiger partial charge in [0.25, 0.3) is 0 Å². The number of carbonyl (C=O) groups excluding carboxylic acids is 1. The van der Waals surface area contributed by atoms with E-state index in [0.717, 1.165) is 86.2 Å². The molecule has 0 amide bonds. The molecule has 0 aliphatic heterocycles. The second-order valence-electron chi connectivity index (χ2n) is 14.2. The van der Waals surface area contributed by atoms with Crippen molar-refractivity contribution in [2.45, 2.75) is 124 Å². The molecule has 2 saturated carbocycles. The van der Waals surface area contributed by atoms with E-state index in [2.05, 4.69) is 44.7 Å². The Kier molecular flexibility index (Phi) is 14.0. The zero-order valence-corrected chi connectivity index (χ0v) is 28.7. The minimum Gasteiger partial charge on any atom is -0.494 e. The van der Waals surface area contributed by atoms with Crippen LogP contribution in [0, 0.1) is 35.4 Å². The highest BCUT2D eigenvalue weighted by atomic mass is 19.1. The van der Waals surface area contributed by atoms with Crippen LogP contribution >= 0.6 is 0 Å². The van der Waals surface area contributed by atoms with Gasteiger partial charge in [-0.3, -0.25) is 4.79 Å². The largest absolute Gasteiger partial charge is 0.494 e. The van der Waals surface area contributed by atoms with Gasteiger partial charge in [0.2, 0.25) is 0 Å². The molecule has 2 aliphatic carbocycles. The van der Waals surface area contributed by atoms with Crippen LogP contribution in [0.5, 0.6) is 5.75 Å². The third-order valence-corrected chi connectivity index (χ3v) is 11.1. The van der Waals surface area contributed by atoms with Crippen molar-refractivity contribution in [3.05, 3.63) is 77.6 Å². The fourth-order valence-corrected chi connectivity index (χ4v) is 7.93. The van der Waals surface area contributed by atoms with Gasteiger partial charge in [0.15, 0.2) is 5.78 Å². The number of allylic oxidation sites excluding steroid dienone is 3. The molecule has 0 saturated heterocycles. The van der Waals surface area contributed by atoms with E-state index < -0.39 is 0 Å². The van der Waals surface area contributed by atoms with Crippen molar-refractivity contribution in [1.29, 1.82) is 0 Å². The van der Waals surface area contributed by atoms with E-state index in [1.807, 2.05) is 19.9 Å². The van der Waals surface area contributed by atoms with Crippen molar-refractivity contribution in [1.82, 2.24) is 0 Å². The monoisotopic (exact) mass is 614 g/mol. The lowest BCUT2D eigenvalue weighted by molar-refractivity contribution is -0.114. The fourth-order valence-electron chi connectivity index (χ4n) is 7.93. The highest BCUT2D eigenvalue weighted by Crippen LogP contribution is 2.38. The Morgan fingerprint density at radius 2 is 1.62 bits per heavy atom. The first-order valence-corrected chi connectivity index (χ1v) is 18.2. The Hall–Kier alpha value is -2.68. The van der Waals surface area contributed by atoms with Crippen LogP contribution in [0.1, 0.15) is 134 Å². The molecule has 0 radical (unpaired) electrons. The molecule has 0 heterocycles. The summed E-state index contributed by atoms with van der Waals surface area (Å²) in [4.78, 5) is 13.4. The molecule has 246 valence electrons. The molecule has 0 spiro atoms. The number of benzene rings is 2. The molecule has 2 aromatic rings. The summed E-state index contributed by atoms with van der Waals surface area (Å²) < 4.78 is 20.3. The molecule has 0 aromatic heterocycles. The Morgan fingerprint density at radius 3 is 2.31 bits per heavy atom. The van der Waals surface area contributed by atoms with E-state index in [0.29, 0.717) is 29.4 Å². The van der Waals surface area contributed by atoms with Gasteiger partial charge in [-0.1, -0.05) is 90.2 Å². The molecule has 2 aromatic carbocycles. The summed E-state index contributed by atoms with van der Waals surface area (Å²) >= 11 is 0. The second-order valence-corrected chi connectivity index (χ2v) is 14.2. The normalized spacial score (nSPS) is 23.9. The van der Waals surface area contributed by atoms with Gasteiger partial charge < -0.3 is 4.74 Å². The van der Waals surface area contributed by atoms with Crippen molar-refractivity contribution in [3.63, 3.8) is 0 Å². The van der Waals surface area contributed by atoms with Gasteiger partial charge in [0, 0.05) is 12.0 Å². The average molecular weight is 615 g/mol. The second kappa shape index (κ2) is 17.9. The predicted molar refractivity (Wildman–Crippen MR) is 189 cm³/mol. The van der Waals surface area contributed by atoms with Gasteiger partial charge in [-0.25, -0.2) is 4.39 Å².